The Morgan fingerprint density at radius 1 is 1.25 bits per heavy atom. The molecule has 0 unspecified atom stereocenters. The number of rotatable bonds is 3. The Labute approximate surface area is 144 Å². The first-order valence-corrected chi connectivity index (χ1v) is 7.90. The van der Waals surface area contributed by atoms with E-state index < -0.39 is 11.7 Å². The summed E-state index contributed by atoms with van der Waals surface area (Å²) in [6, 6.07) is 6.68. The minimum absolute atomic E-state index is 0.208. The van der Waals surface area contributed by atoms with Gasteiger partial charge in [0.25, 0.3) is 0 Å². The smallest absolute Gasteiger partial charge is 0.386 e. The second-order valence-electron chi connectivity index (χ2n) is 5.43. The van der Waals surface area contributed by atoms with Gasteiger partial charge in [-0.25, -0.2) is 0 Å². The monoisotopic (exact) mass is 399 g/mol. The summed E-state index contributed by atoms with van der Waals surface area (Å²) in [5.74, 6) is 0. The van der Waals surface area contributed by atoms with Crippen LogP contribution in [0.5, 0.6) is 0 Å². The summed E-state index contributed by atoms with van der Waals surface area (Å²) in [5.41, 5.74) is 1.96. The molecular formula is C16H13BrF3N3O. The normalized spacial score (nSPS) is 17.4. The standard InChI is InChI=1S/C16H13BrF3N3O/c1-9-2-3-10(14-6-15(17)23-24-14)4-13(9)22-12-5-11(7-21-8-12)16(18,19)20/h2-5,7-8,14,22H,6H2,1H3/t14-/m1/s1. The number of alkyl halides is 3. The van der Waals surface area contributed by atoms with Crippen LogP contribution >= 0.6 is 15.9 Å². The topological polar surface area (TPSA) is 46.5 Å². The molecule has 1 N–H and O–H groups in total. The summed E-state index contributed by atoms with van der Waals surface area (Å²) < 4.78 is 39.1. The van der Waals surface area contributed by atoms with Crippen molar-refractivity contribution in [3.8, 4) is 0 Å². The molecule has 0 aliphatic carbocycles. The highest BCUT2D eigenvalue weighted by Gasteiger charge is 2.31. The van der Waals surface area contributed by atoms with Gasteiger partial charge in [-0.05, 0) is 46.1 Å². The lowest BCUT2D eigenvalue weighted by Crippen LogP contribution is -2.06. The van der Waals surface area contributed by atoms with E-state index in [2.05, 4.69) is 31.4 Å². The SMILES string of the molecule is Cc1ccc([C@H]2CC(Br)=NO2)cc1Nc1cncc(C(F)(F)F)c1. The lowest BCUT2D eigenvalue weighted by Gasteiger charge is -2.15. The molecule has 0 saturated carbocycles. The zero-order valence-corrected chi connectivity index (χ0v) is 14.1. The van der Waals surface area contributed by atoms with Gasteiger partial charge in [-0.15, -0.1) is 0 Å². The Morgan fingerprint density at radius 3 is 2.71 bits per heavy atom. The fourth-order valence-electron chi connectivity index (χ4n) is 2.32. The summed E-state index contributed by atoms with van der Waals surface area (Å²) in [4.78, 5) is 8.97. The maximum Gasteiger partial charge on any atom is 0.417 e. The van der Waals surface area contributed by atoms with Gasteiger partial charge >= 0.3 is 6.18 Å². The van der Waals surface area contributed by atoms with Crippen molar-refractivity contribution in [1.29, 1.82) is 0 Å². The molecule has 0 saturated heterocycles. The van der Waals surface area contributed by atoms with E-state index in [1.54, 1.807) is 0 Å². The fraction of sp³-hybridized carbons (Fsp3) is 0.250. The number of benzene rings is 1. The quantitative estimate of drug-likeness (QED) is 0.759. The van der Waals surface area contributed by atoms with Gasteiger partial charge in [0.15, 0.2) is 6.10 Å². The number of aromatic nitrogens is 1. The molecule has 1 aliphatic rings. The molecule has 1 atom stereocenters. The summed E-state index contributed by atoms with van der Waals surface area (Å²) in [6.07, 6.45) is -1.86. The molecule has 1 aromatic carbocycles. The van der Waals surface area contributed by atoms with E-state index in [9.17, 15) is 13.2 Å². The Morgan fingerprint density at radius 2 is 2.04 bits per heavy atom. The second-order valence-corrected chi connectivity index (χ2v) is 6.34. The van der Waals surface area contributed by atoms with Gasteiger partial charge < -0.3 is 10.2 Å². The van der Waals surface area contributed by atoms with Crippen LogP contribution in [0.25, 0.3) is 0 Å². The maximum absolute atomic E-state index is 12.8. The first-order chi connectivity index (χ1) is 11.3. The number of pyridine rings is 1. The van der Waals surface area contributed by atoms with Crippen LogP contribution in [0.3, 0.4) is 0 Å². The predicted molar refractivity (Wildman–Crippen MR) is 88.5 cm³/mol. The van der Waals surface area contributed by atoms with Gasteiger partial charge in [0.1, 0.15) is 4.62 Å². The van der Waals surface area contributed by atoms with Crippen molar-refractivity contribution in [2.45, 2.75) is 25.6 Å². The van der Waals surface area contributed by atoms with Crippen molar-refractivity contribution >= 4 is 31.9 Å². The van der Waals surface area contributed by atoms with Crippen molar-refractivity contribution in [1.82, 2.24) is 4.98 Å². The van der Waals surface area contributed by atoms with Crippen LogP contribution in [0.1, 0.15) is 29.2 Å². The van der Waals surface area contributed by atoms with Crippen LogP contribution in [-0.4, -0.2) is 9.60 Å². The molecule has 0 radical (unpaired) electrons. The summed E-state index contributed by atoms with van der Waals surface area (Å²) in [6.45, 7) is 1.87. The number of aryl methyl sites for hydroxylation is 1. The molecule has 1 aliphatic heterocycles. The highest BCUT2D eigenvalue weighted by molar-refractivity contribution is 9.18. The van der Waals surface area contributed by atoms with Crippen LogP contribution in [0.15, 0.2) is 41.8 Å². The number of anilines is 2. The van der Waals surface area contributed by atoms with E-state index >= 15 is 0 Å². The Balaban J connectivity index is 1.85. The Kier molecular flexibility index (Phi) is 4.49. The lowest BCUT2D eigenvalue weighted by atomic mass is 10.0. The highest BCUT2D eigenvalue weighted by atomic mass is 79.9. The van der Waals surface area contributed by atoms with E-state index in [1.165, 1.54) is 6.20 Å². The summed E-state index contributed by atoms with van der Waals surface area (Å²) in [7, 11) is 0. The third kappa shape index (κ3) is 3.69. The average Bonchev–Trinajstić information content (AvgIpc) is 2.95. The summed E-state index contributed by atoms with van der Waals surface area (Å²) >= 11 is 3.28. The van der Waals surface area contributed by atoms with Crippen molar-refractivity contribution in [2.75, 3.05) is 5.32 Å². The average molecular weight is 400 g/mol. The van der Waals surface area contributed by atoms with Crippen molar-refractivity contribution in [3.63, 3.8) is 0 Å². The zero-order chi connectivity index (χ0) is 17.3. The molecule has 24 heavy (non-hydrogen) atoms. The van der Waals surface area contributed by atoms with Gasteiger partial charge in [-0.1, -0.05) is 17.3 Å². The highest BCUT2D eigenvalue weighted by Crippen LogP contribution is 2.34. The zero-order valence-electron chi connectivity index (χ0n) is 12.6. The van der Waals surface area contributed by atoms with Gasteiger partial charge in [-0.2, -0.15) is 13.2 Å². The fourth-order valence-corrected chi connectivity index (χ4v) is 2.70. The maximum atomic E-state index is 12.8. The van der Waals surface area contributed by atoms with Crippen LogP contribution in [0.2, 0.25) is 0 Å². The molecule has 0 spiro atoms. The molecule has 0 bridgehead atoms. The van der Waals surface area contributed by atoms with Crippen molar-refractivity contribution in [3.05, 3.63) is 53.3 Å². The second kappa shape index (κ2) is 6.43. The minimum atomic E-state index is -4.43. The largest absolute Gasteiger partial charge is 0.417 e. The lowest BCUT2D eigenvalue weighted by molar-refractivity contribution is -0.137. The minimum Gasteiger partial charge on any atom is -0.386 e. The molecule has 0 amide bonds. The number of oxime groups is 1. The van der Waals surface area contributed by atoms with Crippen LogP contribution in [0.4, 0.5) is 24.5 Å². The molecule has 3 rings (SSSR count). The van der Waals surface area contributed by atoms with Crippen LogP contribution < -0.4 is 5.32 Å². The first kappa shape index (κ1) is 16.8. The molecule has 2 aromatic rings. The van der Waals surface area contributed by atoms with Crippen LogP contribution in [0, 0.1) is 6.92 Å². The molecule has 126 valence electrons. The third-order valence-electron chi connectivity index (χ3n) is 3.61. The number of hydrogen-bond acceptors (Lipinski definition) is 4. The molecule has 4 nitrogen and oxygen atoms in total. The third-order valence-corrected chi connectivity index (χ3v) is 4.08. The number of nitrogens with one attached hydrogen (secondary N) is 1. The molecule has 8 heteroatoms. The Hall–Kier alpha value is -2.09. The van der Waals surface area contributed by atoms with Gasteiger partial charge in [-0.3, -0.25) is 4.98 Å². The van der Waals surface area contributed by atoms with E-state index in [1.807, 2.05) is 25.1 Å². The predicted octanol–water partition coefficient (Wildman–Crippen LogP) is 5.32. The molecular weight excluding hydrogens is 387 g/mol. The van der Waals surface area contributed by atoms with E-state index in [4.69, 9.17) is 4.84 Å². The van der Waals surface area contributed by atoms with Crippen LogP contribution in [-0.2, 0) is 11.0 Å². The van der Waals surface area contributed by atoms with E-state index in [0.717, 1.165) is 28.0 Å². The molecule has 0 fully saturated rings. The van der Waals surface area contributed by atoms with Gasteiger partial charge in [0.2, 0.25) is 0 Å². The number of halogens is 4. The van der Waals surface area contributed by atoms with Crippen molar-refractivity contribution < 1.29 is 18.0 Å². The van der Waals surface area contributed by atoms with E-state index in [-0.39, 0.29) is 11.8 Å². The van der Waals surface area contributed by atoms with Gasteiger partial charge in [0, 0.05) is 18.3 Å². The van der Waals surface area contributed by atoms with Crippen molar-refractivity contribution in [2.24, 2.45) is 5.16 Å². The van der Waals surface area contributed by atoms with E-state index in [0.29, 0.717) is 12.1 Å². The number of nitrogens with zero attached hydrogens (tertiary/aromatic N) is 2. The number of hydrogen-bond donors (Lipinski definition) is 1. The first-order valence-electron chi connectivity index (χ1n) is 7.11. The Bertz CT molecular complexity index is 792. The molecule has 2 heterocycles. The molecule has 1 aromatic heterocycles. The summed E-state index contributed by atoms with van der Waals surface area (Å²) in [5, 5.41) is 6.84. The van der Waals surface area contributed by atoms with Gasteiger partial charge in [0.05, 0.1) is 17.4 Å².